The lowest BCUT2D eigenvalue weighted by Crippen LogP contribution is -2.45. The average Bonchev–Trinajstić information content (AvgIpc) is 2.70. The molecule has 0 saturated heterocycles. The Kier molecular flexibility index (Phi) is 4.64. The minimum absolute atomic E-state index is 0.242. The van der Waals surface area contributed by atoms with Crippen molar-refractivity contribution in [3.63, 3.8) is 0 Å². The molecule has 0 aliphatic heterocycles. The molecule has 24 heavy (non-hydrogen) atoms. The highest BCUT2D eigenvalue weighted by Crippen LogP contribution is 2.24. The Balaban J connectivity index is 2.46. The maximum absolute atomic E-state index is 12.4. The SMILES string of the molecule is Cc1nn(C)c(C)c1-c1ccc(=O)n(C(C)C(=O)NC(C)(C)C)n1. The number of rotatable bonds is 3. The van der Waals surface area contributed by atoms with Crippen LogP contribution in [0.25, 0.3) is 11.3 Å². The van der Waals surface area contributed by atoms with Crippen LogP contribution in [-0.2, 0) is 11.8 Å². The lowest BCUT2D eigenvalue weighted by atomic mass is 10.1. The second-order valence-corrected chi connectivity index (χ2v) is 7.09. The highest BCUT2D eigenvalue weighted by molar-refractivity contribution is 5.80. The molecular weight excluding hydrogens is 306 g/mol. The summed E-state index contributed by atoms with van der Waals surface area (Å²) in [5.41, 5.74) is 2.62. The molecule has 0 spiro atoms. The fourth-order valence-electron chi connectivity index (χ4n) is 2.57. The molecule has 0 aliphatic rings. The number of aromatic nitrogens is 4. The van der Waals surface area contributed by atoms with E-state index in [-0.39, 0.29) is 17.0 Å². The third kappa shape index (κ3) is 3.55. The molecule has 0 bridgehead atoms. The van der Waals surface area contributed by atoms with Crippen LogP contribution in [0.1, 0.15) is 45.1 Å². The maximum atomic E-state index is 12.4. The smallest absolute Gasteiger partial charge is 0.267 e. The predicted molar refractivity (Wildman–Crippen MR) is 92.8 cm³/mol. The second-order valence-electron chi connectivity index (χ2n) is 7.09. The van der Waals surface area contributed by atoms with Crippen molar-refractivity contribution in [3.05, 3.63) is 33.9 Å². The van der Waals surface area contributed by atoms with Crippen LogP contribution < -0.4 is 10.9 Å². The summed E-state index contributed by atoms with van der Waals surface area (Å²) >= 11 is 0. The Hall–Kier alpha value is -2.44. The van der Waals surface area contributed by atoms with Gasteiger partial charge in [-0.3, -0.25) is 14.3 Å². The van der Waals surface area contributed by atoms with Gasteiger partial charge in [-0.1, -0.05) is 0 Å². The van der Waals surface area contributed by atoms with Gasteiger partial charge in [0.25, 0.3) is 5.56 Å². The van der Waals surface area contributed by atoms with Crippen LogP contribution in [0, 0.1) is 13.8 Å². The van der Waals surface area contributed by atoms with Crippen LogP contribution in [-0.4, -0.2) is 31.0 Å². The molecule has 1 amide bonds. The number of aryl methyl sites for hydroxylation is 2. The van der Waals surface area contributed by atoms with Gasteiger partial charge in [-0.05, 0) is 47.6 Å². The van der Waals surface area contributed by atoms with E-state index >= 15 is 0 Å². The molecule has 130 valence electrons. The van der Waals surface area contributed by atoms with Crippen LogP contribution in [0.4, 0.5) is 0 Å². The van der Waals surface area contributed by atoms with Gasteiger partial charge < -0.3 is 5.32 Å². The van der Waals surface area contributed by atoms with Gasteiger partial charge in [-0.25, -0.2) is 4.68 Å². The molecule has 7 heteroatoms. The number of nitrogens with zero attached hydrogens (tertiary/aromatic N) is 4. The van der Waals surface area contributed by atoms with Gasteiger partial charge in [-0.15, -0.1) is 0 Å². The standard InChI is InChI=1S/C17H25N5O2/c1-10-15(11(2)21(7)19-10)13-8-9-14(23)22(20-13)12(3)16(24)18-17(4,5)6/h8-9,12H,1-7H3,(H,18,24). The third-order valence-corrected chi connectivity index (χ3v) is 3.83. The molecule has 0 aliphatic carbocycles. The van der Waals surface area contributed by atoms with Crippen LogP contribution in [0.2, 0.25) is 0 Å². The minimum Gasteiger partial charge on any atom is -0.350 e. The van der Waals surface area contributed by atoms with Crippen LogP contribution in [0.3, 0.4) is 0 Å². The van der Waals surface area contributed by atoms with E-state index in [0.717, 1.165) is 17.0 Å². The molecule has 0 saturated carbocycles. The van der Waals surface area contributed by atoms with Gasteiger partial charge >= 0.3 is 0 Å². The molecule has 0 fully saturated rings. The summed E-state index contributed by atoms with van der Waals surface area (Å²) in [6.45, 7) is 11.2. The molecule has 2 aromatic rings. The van der Waals surface area contributed by atoms with E-state index in [1.165, 1.54) is 10.7 Å². The molecule has 1 unspecified atom stereocenters. The minimum atomic E-state index is -0.700. The molecule has 2 rings (SSSR count). The van der Waals surface area contributed by atoms with Crippen LogP contribution in [0.5, 0.6) is 0 Å². The fourth-order valence-corrected chi connectivity index (χ4v) is 2.57. The Bertz CT molecular complexity index is 826. The van der Waals surface area contributed by atoms with Crippen LogP contribution in [0.15, 0.2) is 16.9 Å². The van der Waals surface area contributed by atoms with Gasteiger partial charge in [0.15, 0.2) is 0 Å². The van der Waals surface area contributed by atoms with Crippen molar-refractivity contribution < 1.29 is 4.79 Å². The first-order chi connectivity index (χ1) is 11.0. The van der Waals surface area contributed by atoms with Crippen molar-refractivity contribution in [3.8, 4) is 11.3 Å². The van der Waals surface area contributed by atoms with E-state index in [9.17, 15) is 9.59 Å². The molecule has 2 aromatic heterocycles. The van der Waals surface area contributed by atoms with E-state index < -0.39 is 6.04 Å². The zero-order chi connectivity index (χ0) is 18.2. The predicted octanol–water partition coefficient (Wildman–Crippen LogP) is 1.74. The number of hydrogen-bond donors (Lipinski definition) is 1. The van der Waals surface area contributed by atoms with Gasteiger partial charge in [0.05, 0.1) is 11.4 Å². The normalized spacial score (nSPS) is 13.0. The highest BCUT2D eigenvalue weighted by Gasteiger charge is 2.23. The Morgan fingerprint density at radius 1 is 1.21 bits per heavy atom. The average molecular weight is 331 g/mol. The third-order valence-electron chi connectivity index (χ3n) is 3.83. The summed E-state index contributed by atoms with van der Waals surface area (Å²) in [6.07, 6.45) is 0. The van der Waals surface area contributed by atoms with Crippen molar-refractivity contribution in [1.29, 1.82) is 0 Å². The van der Waals surface area contributed by atoms with Crippen molar-refractivity contribution >= 4 is 5.91 Å². The number of carbonyl (C=O) groups excluding carboxylic acids is 1. The van der Waals surface area contributed by atoms with Crippen molar-refractivity contribution in [1.82, 2.24) is 24.9 Å². The Morgan fingerprint density at radius 3 is 2.33 bits per heavy atom. The summed E-state index contributed by atoms with van der Waals surface area (Å²) in [7, 11) is 1.86. The van der Waals surface area contributed by atoms with Crippen molar-refractivity contribution in [2.24, 2.45) is 7.05 Å². The Morgan fingerprint density at radius 2 is 1.83 bits per heavy atom. The number of hydrogen-bond acceptors (Lipinski definition) is 4. The molecule has 1 atom stereocenters. The summed E-state index contributed by atoms with van der Waals surface area (Å²) in [5.74, 6) is -0.242. The monoisotopic (exact) mass is 331 g/mol. The maximum Gasteiger partial charge on any atom is 0.267 e. The first-order valence-electron chi connectivity index (χ1n) is 7.93. The largest absolute Gasteiger partial charge is 0.350 e. The van der Waals surface area contributed by atoms with Gasteiger partial charge in [0.2, 0.25) is 5.91 Å². The lowest BCUT2D eigenvalue weighted by molar-refractivity contribution is -0.125. The first-order valence-corrected chi connectivity index (χ1v) is 7.93. The molecule has 1 N–H and O–H groups in total. The van der Waals surface area contributed by atoms with Gasteiger partial charge in [0, 0.05) is 29.9 Å². The van der Waals surface area contributed by atoms with Gasteiger partial charge in [0.1, 0.15) is 6.04 Å². The highest BCUT2D eigenvalue weighted by atomic mass is 16.2. The topological polar surface area (TPSA) is 81.8 Å². The van der Waals surface area contributed by atoms with Crippen molar-refractivity contribution in [2.45, 2.75) is 53.1 Å². The molecule has 2 heterocycles. The van der Waals surface area contributed by atoms with E-state index in [4.69, 9.17) is 0 Å². The Labute approximate surface area is 141 Å². The fraction of sp³-hybridized carbons (Fsp3) is 0.529. The number of amides is 1. The van der Waals surface area contributed by atoms with Crippen molar-refractivity contribution in [2.75, 3.05) is 0 Å². The molecule has 7 nitrogen and oxygen atoms in total. The van der Waals surface area contributed by atoms with Crippen LogP contribution >= 0.6 is 0 Å². The zero-order valence-corrected chi connectivity index (χ0v) is 15.3. The van der Waals surface area contributed by atoms with E-state index in [0.29, 0.717) is 5.69 Å². The zero-order valence-electron chi connectivity index (χ0n) is 15.3. The molecule has 0 radical (unpaired) electrons. The van der Waals surface area contributed by atoms with E-state index in [1.54, 1.807) is 17.7 Å². The summed E-state index contributed by atoms with van der Waals surface area (Å²) < 4.78 is 3.00. The molecular formula is C17H25N5O2. The van der Waals surface area contributed by atoms with E-state index in [1.807, 2.05) is 41.7 Å². The number of nitrogens with one attached hydrogen (secondary N) is 1. The number of carbonyl (C=O) groups is 1. The first kappa shape index (κ1) is 17.9. The van der Waals surface area contributed by atoms with Gasteiger partial charge in [-0.2, -0.15) is 10.2 Å². The van der Waals surface area contributed by atoms with E-state index in [2.05, 4.69) is 15.5 Å². The summed E-state index contributed by atoms with van der Waals surface area (Å²) in [4.78, 5) is 24.6. The quantitative estimate of drug-likeness (QED) is 0.929. The summed E-state index contributed by atoms with van der Waals surface area (Å²) in [6, 6.07) is 2.41. The second kappa shape index (κ2) is 6.22. The molecule has 0 aromatic carbocycles. The lowest BCUT2D eigenvalue weighted by Gasteiger charge is -2.23. The summed E-state index contributed by atoms with van der Waals surface area (Å²) in [5, 5.41) is 11.7.